The van der Waals surface area contributed by atoms with Crippen LogP contribution in [0.2, 0.25) is 0 Å². The van der Waals surface area contributed by atoms with Gasteiger partial charge < -0.3 is 15.0 Å². The smallest absolute Gasteiger partial charge is 0.259 e. The van der Waals surface area contributed by atoms with Crippen molar-refractivity contribution in [3.8, 4) is 5.75 Å². The van der Waals surface area contributed by atoms with Gasteiger partial charge in [-0.25, -0.2) is 0 Å². The lowest BCUT2D eigenvalue weighted by Gasteiger charge is -2.22. The number of carbonyl (C=O) groups is 2. The summed E-state index contributed by atoms with van der Waals surface area (Å²) in [5.41, 5.74) is 1.54. The number of ether oxygens (including phenoxy) is 1. The highest BCUT2D eigenvalue weighted by Crippen LogP contribution is 2.24. The monoisotopic (exact) mass is 408 g/mol. The fourth-order valence-electron chi connectivity index (χ4n) is 3.60. The van der Waals surface area contributed by atoms with Crippen molar-refractivity contribution in [2.75, 3.05) is 25.0 Å². The Bertz CT molecular complexity index is 855. The molecule has 5 heteroatoms. The van der Waals surface area contributed by atoms with Crippen molar-refractivity contribution >= 4 is 17.5 Å². The summed E-state index contributed by atoms with van der Waals surface area (Å²) >= 11 is 0. The third kappa shape index (κ3) is 5.85. The highest BCUT2D eigenvalue weighted by Gasteiger charge is 2.21. The zero-order valence-electron chi connectivity index (χ0n) is 18.0. The highest BCUT2D eigenvalue weighted by atomic mass is 16.5. The Morgan fingerprint density at radius 3 is 2.27 bits per heavy atom. The minimum atomic E-state index is -0.272. The van der Waals surface area contributed by atoms with Gasteiger partial charge in [-0.1, -0.05) is 51.0 Å². The molecule has 1 fully saturated rings. The van der Waals surface area contributed by atoms with Crippen LogP contribution < -0.4 is 10.1 Å². The number of nitrogens with one attached hydrogen (secondary N) is 1. The lowest BCUT2D eigenvalue weighted by Crippen LogP contribution is -2.32. The molecule has 1 heterocycles. The molecule has 30 heavy (non-hydrogen) atoms. The summed E-state index contributed by atoms with van der Waals surface area (Å²) in [6, 6.07) is 14.5. The lowest BCUT2D eigenvalue weighted by molar-refractivity contribution is 0.0762. The number of amides is 2. The zero-order valence-corrected chi connectivity index (χ0v) is 18.0. The number of hydrogen-bond donors (Lipinski definition) is 1. The van der Waals surface area contributed by atoms with Crippen LogP contribution in [-0.4, -0.2) is 36.4 Å². The van der Waals surface area contributed by atoms with Crippen molar-refractivity contribution in [3.05, 3.63) is 59.7 Å². The molecule has 0 unspecified atom stereocenters. The second kappa shape index (κ2) is 10.8. The first-order chi connectivity index (χ1) is 14.6. The van der Waals surface area contributed by atoms with Gasteiger partial charge >= 0.3 is 0 Å². The molecular weight excluding hydrogens is 376 g/mol. The maximum atomic E-state index is 13.1. The molecule has 2 aromatic rings. The molecule has 1 aliphatic heterocycles. The predicted molar refractivity (Wildman–Crippen MR) is 120 cm³/mol. The second-order valence-electron chi connectivity index (χ2n) is 8.23. The van der Waals surface area contributed by atoms with Crippen LogP contribution in [0.15, 0.2) is 48.5 Å². The summed E-state index contributed by atoms with van der Waals surface area (Å²) in [6.45, 7) is 6.38. The van der Waals surface area contributed by atoms with Gasteiger partial charge in [-0.3, -0.25) is 9.59 Å². The van der Waals surface area contributed by atoms with Gasteiger partial charge in [0.05, 0.1) is 23.4 Å². The molecular formula is C25H32N2O3. The number of benzene rings is 2. The molecule has 0 aromatic heterocycles. The van der Waals surface area contributed by atoms with Crippen LogP contribution in [-0.2, 0) is 0 Å². The molecule has 0 atom stereocenters. The van der Waals surface area contributed by atoms with Crippen molar-refractivity contribution < 1.29 is 14.3 Å². The number of para-hydroxylation sites is 2. The van der Waals surface area contributed by atoms with Gasteiger partial charge in [-0.05, 0) is 49.4 Å². The Labute approximate surface area is 179 Å². The average molecular weight is 409 g/mol. The molecule has 1 N–H and O–H groups in total. The maximum absolute atomic E-state index is 13.1. The quantitative estimate of drug-likeness (QED) is 0.669. The molecule has 0 aliphatic carbocycles. The molecule has 2 amide bonds. The van der Waals surface area contributed by atoms with Crippen molar-refractivity contribution in [2.24, 2.45) is 5.92 Å². The van der Waals surface area contributed by atoms with Gasteiger partial charge in [0, 0.05) is 13.1 Å². The van der Waals surface area contributed by atoms with Gasteiger partial charge in [0.25, 0.3) is 11.8 Å². The van der Waals surface area contributed by atoms with Crippen molar-refractivity contribution in [1.29, 1.82) is 0 Å². The summed E-state index contributed by atoms with van der Waals surface area (Å²) < 4.78 is 5.86. The summed E-state index contributed by atoms with van der Waals surface area (Å²) in [6.07, 6.45) is 5.30. The van der Waals surface area contributed by atoms with E-state index in [1.165, 1.54) is 0 Å². The van der Waals surface area contributed by atoms with E-state index in [1.807, 2.05) is 35.2 Å². The standard InChI is InChI=1S/C25H32N2O3/c1-19(2)15-18-30-23-14-8-6-12-21(23)24(28)26-22-13-7-5-11-20(22)25(29)27-16-9-3-4-10-17-27/h5-8,11-14,19H,3-4,9-10,15-18H2,1-2H3,(H,26,28). The fourth-order valence-corrected chi connectivity index (χ4v) is 3.60. The third-order valence-electron chi connectivity index (χ3n) is 5.38. The van der Waals surface area contributed by atoms with E-state index in [0.717, 1.165) is 45.2 Å². The number of nitrogens with zero attached hydrogens (tertiary/aromatic N) is 1. The van der Waals surface area contributed by atoms with Gasteiger partial charge in [-0.15, -0.1) is 0 Å². The molecule has 2 aromatic carbocycles. The summed E-state index contributed by atoms with van der Waals surface area (Å²) in [5, 5.41) is 2.94. The number of hydrogen-bond acceptors (Lipinski definition) is 3. The van der Waals surface area contributed by atoms with Gasteiger partial charge in [0.15, 0.2) is 0 Å². The molecule has 160 valence electrons. The number of anilines is 1. The van der Waals surface area contributed by atoms with Crippen molar-refractivity contribution in [1.82, 2.24) is 4.90 Å². The Balaban J connectivity index is 1.76. The van der Waals surface area contributed by atoms with Crippen LogP contribution in [0.5, 0.6) is 5.75 Å². The number of likely N-dealkylation sites (tertiary alicyclic amines) is 1. The Morgan fingerprint density at radius 1 is 0.933 bits per heavy atom. The summed E-state index contributed by atoms with van der Waals surface area (Å²) in [7, 11) is 0. The van der Waals surface area contributed by atoms with Crippen LogP contribution in [0.1, 0.15) is 66.7 Å². The van der Waals surface area contributed by atoms with E-state index in [9.17, 15) is 9.59 Å². The van der Waals surface area contributed by atoms with E-state index in [-0.39, 0.29) is 11.8 Å². The Morgan fingerprint density at radius 2 is 1.57 bits per heavy atom. The fraction of sp³-hybridized carbons (Fsp3) is 0.440. The van der Waals surface area contributed by atoms with E-state index in [1.54, 1.807) is 18.2 Å². The van der Waals surface area contributed by atoms with Crippen LogP contribution in [0.25, 0.3) is 0 Å². The third-order valence-corrected chi connectivity index (χ3v) is 5.38. The summed E-state index contributed by atoms with van der Waals surface area (Å²) in [5.74, 6) is 0.801. The van der Waals surface area contributed by atoms with E-state index in [4.69, 9.17) is 4.74 Å². The summed E-state index contributed by atoms with van der Waals surface area (Å²) in [4.78, 5) is 28.0. The largest absolute Gasteiger partial charge is 0.493 e. The first-order valence-electron chi connectivity index (χ1n) is 11.0. The Hall–Kier alpha value is -2.82. The van der Waals surface area contributed by atoms with E-state index in [0.29, 0.717) is 35.1 Å². The van der Waals surface area contributed by atoms with Crippen LogP contribution in [0.3, 0.4) is 0 Å². The first kappa shape index (κ1) is 21.9. The minimum absolute atomic E-state index is 0.0192. The molecule has 1 saturated heterocycles. The second-order valence-corrected chi connectivity index (χ2v) is 8.23. The molecule has 1 aliphatic rings. The molecule has 5 nitrogen and oxygen atoms in total. The average Bonchev–Trinajstić information content (AvgIpc) is 3.03. The molecule has 0 saturated carbocycles. The number of carbonyl (C=O) groups excluding carboxylic acids is 2. The SMILES string of the molecule is CC(C)CCOc1ccccc1C(=O)Nc1ccccc1C(=O)N1CCCCCC1. The number of rotatable bonds is 7. The topological polar surface area (TPSA) is 58.6 Å². The molecule has 0 bridgehead atoms. The van der Waals surface area contributed by atoms with Gasteiger partial charge in [0.2, 0.25) is 0 Å². The minimum Gasteiger partial charge on any atom is -0.493 e. The van der Waals surface area contributed by atoms with Crippen LogP contribution in [0, 0.1) is 5.92 Å². The zero-order chi connectivity index (χ0) is 21.3. The van der Waals surface area contributed by atoms with Gasteiger partial charge in [0.1, 0.15) is 5.75 Å². The maximum Gasteiger partial charge on any atom is 0.259 e. The van der Waals surface area contributed by atoms with E-state index in [2.05, 4.69) is 19.2 Å². The first-order valence-corrected chi connectivity index (χ1v) is 11.0. The van der Waals surface area contributed by atoms with Crippen molar-refractivity contribution in [2.45, 2.75) is 46.0 Å². The van der Waals surface area contributed by atoms with E-state index < -0.39 is 0 Å². The van der Waals surface area contributed by atoms with Crippen molar-refractivity contribution in [3.63, 3.8) is 0 Å². The predicted octanol–water partition coefficient (Wildman–Crippen LogP) is 5.38. The Kier molecular flexibility index (Phi) is 7.89. The normalized spacial score (nSPS) is 14.3. The molecule has 0 spiro atoms. The van der Waals surface area contributed by atoms with Crippen LogP contribution >= 0.6 is 0 Å². The van der Waals surface area contributed by atoms with Crippen LogP contribution in [0.4, 0.5) is 5.69 Å². The van der Waals surface area contributed by atoms with E-state index >= 15 is 0 Å². The highest BCUT2D eigenvalue weighted by molar-refractivity contribution is 6.10. The van der Waals surface area contributed by atoms with Gasteiger partial charge in [-0.2, -0.15) is 0 Å². The lowest BCUT2D eigenvalue weighted by atomic mass is 10.1. The molecule has 0 radical (unpaired) electrons. The molecule has 3 rings (SSSR count).